The maximum absolute atomic E-state index is 12.7. The Morgan fingerprint density at radius 2 is 1.74 bits per heavy atom. The van der Waals surface area contributed by atoms with Gasteiger partial charge >= 0.3 is 5.97 Å². The van der Waals surface area contributed by atoms with Crippen LogP contribution in [0.4, 0.5) is 0 Å². The van der Waals surface area contributed by atoms with Crippen LogP contribution in [0.5, 0.6) is 0 Å². The van der Waals surface area contributed by atoms with E-state index < -0.39 is 5.41 Å². The second-order valence-corrected chi connectivity index (χ2v) is 14.6. The fourth-order valence-electron chi connectivity index (χ4n) is 7.65. The number of ether oxygens (including phenoxy) is 5. The SMILES string of the molecule is COCCOCO[C@H]1C[C@H]([C@H](C)CCCC(C)C)[C@@]2(C)CC[C@H](OCc3ccccc3)[C@@H](CCOC(=O)C(C)(C)C)[C@H]12. The number of methoxy groups -OCH3 is 1. The third-order valence-corrected chi connectivity index (χ3v) is 9.93. The Balaban J connectivity index is 1.83. The zero-order valence-corrected chi connectivity index (χ0v) is 27.9. The van der Waals surface area contributed by atoms with Crippen molar-refractivity contribution < 1.29 is 28.5 Å². The average Bonchev–Trinajstić information content (AvgIpc) is 3.24. The monoisotopic (exact) mass is 588 g/mol. The fraction of sp³-hybridized carbons (Fsp3) is 0.806. The summed E-state index contributed by atoms with van der Waals surface area (Å²) in [6, 6.07) is 10.4. The molecule has 1 aromatic rings. The highest BCUT2D eigenvalue weighted by molar-refractivity contribution is 5.75. The number of rotatable bonds is 17. The molecule has 6 heteroatoms. The van der Waals surface area contributed by atoms with Gasteiger partial charge in [-0.15, -0.1) is 0 Å². The lowest BCUT2D eigenvalue weighted by atomic mass is 9.57. The Morgan fingerprint density at radius 1 is 1.00 bits per heavy atom. The molecule has 0 bridgehead atoms. The van der Waals surface area contributed by atoms with Crippen LogP contribution in [0, 0.1) is 40.4 Å². The minimum absolute atomic E-state index is 0.0848. The van der Waals surface area contributed by atoms with Gasteiger partial charge in [-0.3, -0.25) is 4.79 Å². The number of benzene rings is 1. The Morgan fingerprint density at radius 3 is 2.40 bits per heavy atom. The second-order valence-electron chi connectivity index (χ2n) is 14.6. The van der Waals surface area contributed by atoms with Crippen LogP contribution in [0.2, 0.25) is 0 Å². The zero-order chi connectivity index (χ0) is 30.8. The molecule has 0 spiro atoms. The standard InChI is InChI=1S/C36H60O6/c1-26(2)13-12-14-27(3)30-23-32(42-25-39-22-21-38-8)33-29(18-20-40-34(37)35(4,5)6)31(17-19-36(30,33)7)41-24-28-15-10-9-11-16-28/h9-11,15-16,26-27,29-33H,12-14,17-25H2,1-8H3/t27-,29-,30-,31+,32+,33-,36-/m1/s1. The van der Waals surface area contributed by atoms with Crippen molar-refractivity contribution in [2.24, 2.45) is 40.4 Å². The first kappa shape index (κ1) is 35.0. The minimum atomic E-state index is -0.515. The number of esters is 1. The predicted octanol–water partition coefficient (Wildman–Crippen LogP) is 8.07. The fourth-order valence-corrected chi connectivity index (χ4v) is 7.65. The number of hydrogen-bond donors (Lipinski definition) is 0. The van der Waals surface area contributed by atoms with Crippen LogP contribution in [0.3, 0.4) is 0 Å². The van der Waals surface area contributed by atoms with E-state index in [1.54, 1.807) is 7.11 Å². The van der Waals surface area contributed by atoms with Crippen LogP contribution >= 0.6 is 0 Å². The summed E-state index contributed by atoms with van der Waals surface area (Å²) in [6.45, 7) is 17.7. The van der Waals surface area contributed by atoms with Crippen molar-refractivity contribution in [2.45, 2.75) is 112 Å². The molecule has 2 saturated carbocycles. The van der Waals surface area contributed by atoms with Crippen LogP contribution in [0.15, 0.2) is 30.3 Å². The number of hydrogen-bond acceptors (Lipinski definition) is 6. The van der Waals surface area contributed by atoms with Gasteiger partial charge in [0.1, 0.15) is 6.79 Å². The molecule has 0 aliphatic heterocycles. The lowest BCUT2D eigenvalue weighted by Crippen LogP contribution is -2.49. The summed E-state index contributed by atoms with van der Waals surface area (Å²) >= 11 is 0. The van der Waals surface area contributed by atoms with Gasteiger partial charge in [-0.2, -0.15) is 0 Å². The molecule has 0 amide bonds. The van der Waals surface area contributed by atoms with Gasteiger partial charge in [0, 0.05) is 7.11 Å². The molecule has 7 atom stereocenters. The van der Waals surface area contributed by atoms with Gasteiger partial charge in [0.15, 0.2) is 0 Å². The molecule has 42 heavy (non-hydrogen) atoms. The summed E-state index contributed by atoms with van der Waals surface area (Å²) in [5.41, 5.74) is 0.810. The molecule has 2 fully saturated rings. The van der Waals surface area contributed by atoms with Gasteiger partial charge in [-0.05, 0) is 87.0 Å². The van der Waals surface area contributed by atoms with Gasteiger partial charge in [-0.25, -0.2) is 0 Å². The highest BCUT2D eigenvalue weighted by atomic mass is 16.7. The van der Waals surface area contributed by atoms with E-state index in [2.05, 4.69) is 52.0 Å². The van der Waals surface area contributed by atoms with Crippen LogP contribution in [-0.2, 0) is 35.1 Å². The number of carbonyl (C=O) groups is 1. The smallest absolute Gasteiger partial charge is 0.311 e. The molecule has 6 nitrogen and oxygen atoms in total. The molecule has 3 rings (SSSR count). The molecule has 240 valence electrons. The van der Waals surface area contributed by atoms with E-state index in [0.717, 1.165) is 31.6 Å². The molecule has 2 aliphatic carbocycles. The van der Waals surface area contributed by atoms with Crippen LogP contribution in [0.1, 0.15) is 99.0 Å². The van der Waals surface area contributed by atoms with Crippen LogP contribution in [-0.4, -0.2) is 51.9 Å². The van der Waals surface area contributed by atoms with E-state index in [1.165, 1.54) is 24.8 Å². The maximum Gasteiger partial charge on any atom is 0.311 e. The molecular weight excluding hydrogens is 528 g/mol. The second kappa shape index (κ2) is 16.6. The van der Waals surface area contributed by atoms with Crippen LogP contribution in [0.25, 0.3) is 0 Å². The van der Waals surface area contributed by atoms with Crippen molar-refractivity contribution in [2.75, 3.05) is 33.7 Å². The van der Waals surface area contributed by atoms with Crippen molar-refractivity contribution in [3.8, 4) is 0 Å². The van der Waals surface area contributed by atoms with E-state index in [-0.39, 0.29) is 36.3 Å². The predicted molar refractivity (Wildman–Crippen MR) is 168 cm³/mol. The molecule has 0 saturated heterocycles. The first-order valence-electron chi connectivity index (χ1n) is 16.5. The molecule has 0 unspecified atom stereocenters. The molecular formula is C36H60O6. The molecule has 2 aliphatic rings. The average molecular weight is 589 g/mol. The quantitative estimate of drug-likeness (QED) is 0.104. The van der Waals surface area contributed by atoms with Gasteiger partial charge in [-0.1, -0.05) is 77.3 Å². The van der Waals surface area contributed by atoms with Crippen molar-refractivity contribution in [1.29, 1.82) is 0 Å². The number of fused-ring (bicyclic) bond motifs is 1. The molecule has 1 aromatic carbocycles. The normalized spacial score (nSPS) is 28.5. The van der Waals surface area contributed by atoms with Crippen molar-refractivity contribution in [1.82, 2.24) is 0 Å². The van der Waals surface area contributed by atoms with Crippen LogP contribution < -0.4 is 0 Å². The Hall–Kier alpha value is -1.47. The molecule has 0 heterocycles. The first-order valence-corrected chi connectivity index (χ1v) is 16.5. The van der Waals surface area contributed by atoms with Crippen molar-refractivity contribution in [3.63, 3.8) is 0 Å². The van der Waals surface area contributed by atoms with Gasteiger partial charge in [0.05, 0.1) is 44.1 Å². The highest BCUT2D eigenvalue weighted by Crippen LogP contribution is 2.61. The van der Waals surface area contributed by atoms with E-state index in [0.29, 0.717) is 44.2 Å². The summed E-state index contributed by atoms with van der Waals surface area (Å²) < 4.78 is 30.1. The summed E-state index contributed by atoms with van der Waals surface area (Å²) in [4.78, 5) is 12.7. The Bertz CT molecular complexity index is 911. The minimum Gasteiger partial charge on any atom is -0.465 e. The molecule has 0 N–H and O–H groups in total. The summed E-state index contributed by atoms with van der Waals surface area (Å²) in [7, 11) is 1.69. The van der Waals surface area contributed by atoms with E-state index in [1.807, 2.05) is 26.8 Å². The molecule has 0 aromatic heterocycles. The third-order valence-electron chi connectivity index (χ3n) is 9.93. The Kier molecular flexibility index (Phi) is 13.8. The highest BCUT2D eigenvalue weighted by Gasteiger charge is 2.59. The van der Waals surface area contributed by atoms with Gasteiger partial charge < -0.3 is 23.7 Å². The summed E-state index contributed by atoms with van der Waals surface area (Å²) in [5, 5.41) is 0. The lowest BCUT2D eigenvalue weighted by molar-refractivity contribution is -0.162. The Labute approximate surface area is 256 Å². The number of carbonyl (C=O) groups excluding carboxylic acids is 1. The first-order chi connectivity index (χ1) is 20.0. The maximum atomic E-state index is 12.7. The van der Waals surface area contributed by atoms with Gasteiger partial charge in [0.25, 0.3) is 0 Å². The summed E-state index contributed by atoms with van der Waals surface area (Å²) in [5.74, 6) is 2.34. The zero-order valence-electron chi connectivity index (χ0n) is 27.9. The van der Waals surface area contributed by atoms with E-state index in [9.17, 15) is 4.79 Å². The van der Waals surface area contributed by atoms with Gasteiger partial charge in [0.2, 0.25) is 0 Å². The molecule has 0 radical (unpaired) electrons. The summed E-state index contributed by atoms with van der Waals surface area (Å²) in [6.07, 6.45) is 7.95. The largest absolute Gasteiger partial charge is 0.465 e. The van der Waals surface area contributed by atoms with Crippen molar-refractivity contribution >= 4 is 5.97 Å². The lowest BCUT2D eigenvalue weighted by Gasteiger charge is -2.50. The van der Waals surface area contributed by atoms with E-state index in [4.69, 9.17) is 23.7 Å². The third kappa shape index (κ3) is 9.77. The van der Waals surface area contributed by atoms with Crippen molar-refractivity contribution in [3.05, 3.63) is 35.9 Å². The topological polar surface area (TPSA) is 63.2 Å². The van der Waals surface area contributed by atoms with E-state index >= 15 is 0 Å².